The molecule has 1 aromatic rings. The van der Waals surface area contributed by atoms with Gasteiger partial charge in [0, 0.05) is 6.54 Å². The van der Waals surface area contributed by atoms with Gasteiger partial charge in [-0.25, -0.2) is 4.79 Å². The molecule has 0 saturated carbocycles. The Kier molecular flexibility index (Phi) is 6.52. The zero-order valence-corrected chi connectivity index (χ0v) is 12.6. The van der Waals surface area contributed by atoms with Crippen LogP contribution in [-0.2, 0) is 4.79 Å². The highest BCUT2D eigenvalue weighted by molar-refractivity contribution is 5.75. The standard InChI is InChI=1S/C15H22N2O4/c1-10(2)21-13-6-4-5-12(9-13)11(3)17-15(20)16-8-7-14(18)19/h4-6,9-11H,7-8H2,1-3H3,(H,18,19)(H2,16,17,20). The largest absolute Gasteiger partial charge is 0.491 e. The number of benzene rings is 1. The summed E-state index contributed by atoms with van der Waals surface area (Å²) in [5, 5.41) is 13.8. The van der Waals surface area contributed by atoms with Crippen molar-refractivity contribution in [3.63, 3.8) is 0 Å². The van der Waals surface area contributed by atoms with Crippen LogP contribution in [0.3, 0.4) is 0 Å². The van der Waals surface area contributed by atoms with E-state index >= 15 is 0 Å². The molecule has 1 unspecified atom stereocenters. The lowest BCUT2D eigenvalue weighted by molar-refractivity contribution is -0.136. The molecule has 1 aromatic carbocycles. The molecule has 0 heterocycles. The number of urea groups is 1. The molecule has 0 bridgehead atoms. The monoisotopic (exact) mass is 294 g/mol. The molecular formula is C15H22N2O4. The molecule has 0 aromatic heterocycles. The molecule has 1 rings (SSSR count). The zero-order valence-electron chi connectivity index (χ0n) is 12.6. The number of ether oxygens (including phenoxy) is 1. The molecule has 0 fully saturated rings. The second kappa shape index (κ2) is 8.14. The minimum atomic E-state index is -0.943. The van der Waals surface area contributed by atoms with Crippen molar-refractivity contribution in [1.82, 2.24) is 10.6 Å². The fourth-order valence-corrected chi connectivity index (χ4v) is 1.74. The third-order valence-corrected chi connectivity index (χ3v) is 2.70. The molecule has 0 radical (unpaired) electrons. The van der Waals surface area contributed by atoms with Crippen molar-refractivity contribution in [2.24, 2.45) is 0 Å². The van der Waals surface area contributed by atoms with Crippen molar-refractivity contribution in [3.05, 3.63) is 29.8 Å². The van der Waals surface area contributed by atoms with Crippen LogP contribution in [0.5, 0.6) is 5.75 Å². The van der Waals surface area contributed by atoms with Crippen molar-refractivity contribution in [2.75, 3.05) is 6.54 Å². The van der Waals surface area contributed by atoms with Gasteiger partial charge in [-0.15, -0.1) is 0 Å². The molecule has 0 aliphatic rings. The molecular weight excluding hydrogens is 272 g/mol. The third kappa shape index (κ3) is 6.65. The maximum absolute atomic E-state index is 11.6. The lowest BCUT2D eigenvalue weighted by Crippen LogP contribution is -2.38. The van der Waals surface area contributed by atoms with Crippen LogP contribution < -0.4 is 15.4 Å². The Balaban J connectivity index is 2.52. The lowest BCUT2D eigenvalue weighted by Gasteiger charge is -2.17. The summed E-state index contributed by atoms with van der Waals surface area (Å²) in [5.41, 5.74) is 0.918. The van der Waals surface area contributed by atoms with Gasteiger partial charge in [0.2, 0.25) is 0 Å². The number of carbonyl (C=O) groups excluding carboxylic acids is 1. The SMILES string of the molecule is CC(C)Oc1cccc(C(C)NC(=O)NCCC(=O)O)c1. The fraction of sp³-hybridized carbons (Fsp3) is 0.467. The van der Waals surface area contributed by atoms with E-state index in [0.29, 0.717) is 0 Å². The van der Waals surface area contributed by atoms with Crippen LogP contribution in [0.4, 0.5) is 4.79 Å². The first-order valence-corrected chi connectivity index (χ1v) is 6.91. The minimum Gasteiger partial charge on any atom is -0.491 e. The fourth-order valence-electron chi connectivity index (χ4n) is 1.74. The number of aliphatic carboxylic acids is 1. The van der Waals surface area contributed by atoms with E-state index in [0.717, 1.165) is 11.3 Å². The highest BCUT2D eigenvalue weighted by Gasteiger charge is 2.10. The topological polar surface area (TPSA) is 87.7 Å². The number of carboxylic acids is 1. The molecule has 0 spiro atoms. The molecule has 0 aliphatic carbocycles. The van der Waals surface area contributed by atoms with E-state index in [1.165, 1.54) is 0 Å². The zero-order chi connectivity index (χ0) is 15.8. The maximum Gasteiger partial charge on any atom is 0.315 e. The Morgan fingerprint density at radius 1 is 1.29 bits per heavy atom. The number of carbonyl (C=O) groups is 2. The molecule has 6 nitrogen and oxygen atoms in total. The number of amides is 2. The van der Waals surface area contributed by atoms with E-state index in [2.05, 4.69) is 10.6 Å². The number of rotatable bonds is 7. The summed E-state index contributed by atoms with van der Waals surface area (Å²) in [6.45, 7) is 5.85. The Hall–Kier alpha value is -2.24. The number of carboxylic acid groups (broad SMARTS) is 1. The lowest BCUT2D eigenvalue weighted by atomic mass is 10.1. The molecule has 3 N–H and O–H groups in total. The summed E-state index contributed by atoms with van der Waals surface area (Å²) in [6.07, 6.45) is -0.0117. The molecule has 0 saturated heterocycles. The van der Waals surface area contributed by atoms with Gasteiger partial charge in [0.05, 0.1) is 18.6 Å². The normalized spacial score (nSPS) is 11.8. The predicted octanol–water partition coefficient (Wildman–Crippen LogP) is 2.31. The molecule has 1 atom stereocenters. The summed E-state index contributed by atoms with van der Waals surface area (Å²) < 4.78 is 5.61. The quantitative estimate of drug-likeness (QED) is 0.720. The van der Waals surface area contributed by atoms with Crippen LogP contribution in [0.2, 0.25) is 0 Å². The maximum atomic E-state index is 11.6. The molecule has 0 aliphatic heterocycles. The second-order valence-corrected chi connectivity index (χ2v) is 5.00. The van der Waals surface area contributed by atoms with Crippen LogP contribution in [0.15, 0.2) is 24.3 Å². The highest BCUT2D eigenvalue weighted by atomic mass is 16.5. The first-order valence-electron chi connectivity index (χ1n) is 6.91. The van der Waals surface area contributed by atoms with Crippen molar-refractivity contribution in [3.8, 4) is 5.75 Å². The molecule has 2 amide bonds. The average Bonchev–Trinajstić information content (AvgIpc) is 2.37. The molecule has 116 valence electrons. The summed E-state index contributed by atoms with van der Waals surface area (Å²) in [5.74, 6) is -0.190. The van der Waals surface area contributed by atoms with Crippen LogP contribution >= 0.6 is 0 Å². The Bertz CT molecular complexity index is 488. The van der Waals surface area contributed by atoms with Gasteiger partial charge in [-0.3, -0.25) is 4.79 Å². The van der Waals surface area contributed by atoms with E-state index < -0.39 is 5.97 Å². The molecule has 6 heteroatoms. The van der Waals surface area contributed by atoms with Gasteiger partial charge in [-0.2, -0.15) is 0 Å². The number of hydrogen-bond acceptors (Lipinski definition) is 3. The Morgan fingerprint density at radius 3 is 2.62 bits per heavy atom. The highest BCUT2D eigenvalue weighted by Crippen LogP contribution is 2.19. The van der Waals surface area contributed by atoms with Gasteiger partial charge in [0.15, 0.2) is 0 Å². The number of nitrogens with one attached hydrogen (secondary N) is 2. The third-order valence-electron chi connectivity index (χ3n) is 2.70. The van der Waals surface area contributed by atoms with Crippen LogP contribution in [-0.4, -0.2) is 29.8 Å². The van der Waals surface area contributed by atoms with E-state index in [-0.39, 0.29) is 31.1 Å². The summed E-state index contributed by atoms with van der Waals surface area (Å²) >= 11 is 0. The van der Waals surface area contributed by atoms with Crippen LogP contribution in [0, 0.1) is 0 Å². The van der Waals surface area contributed by atoms with E-state index in [4.69, 9.17) is 9.84 Å². The van der Waals surface area contributed by atoms with Gasteiger partial charge >= 0.3 is 12.0 Å². The average molecular weight is 294 g/mol. The van der Waals surface area contributed by atoms with Gasteiger partial charge in [0.1, 0.15) is 5.75 Å². The summed E-state index contributed by atoms with van der Waals surface area (Å²) in [7, 11) is 0. The van der Waals surface area contributed by atoms with Crippen LogP contribution in [0.25, 0.3) is 0 Å². The van der Waals surface area contributed by atoms with Gasteiger partial charge in [-0.1, -0.05) is 12.1 Å². The van der Waals surface area contributed by atoms with Crippen molar-refractivity contribution >= 4 is 12.0 Å². The van der Waals surface area contributed by atoms with E-state index in [9.17, 15) is 9.59 Å². The minimum absolute atomic E-state index is 0.0860. The van der Waals surface area contributed by atoms with Gasteiger partial charge < -0.3 is 20.5 Å². The summed E-state index contributed by atoms with van der Waals surface area (Å²) in [4.78, 5) is 22.0. The predicted molar refractivity (Wildman–Crippen MR) is 79.4 cm³/mol. The smallest absolute Gasteiger partial charge is 0.315 e. The van der Waals surface area contributed by atoms with Crippen molar-refractivity contribution < 1.29 is 19.4 Å². The van der Waals surface area contributed by atoms with E-state index in [1.54, 1.807) is 0 Å². The Morgan fingerprint density at radius 2 is 2.00 bits per heavy atom. The van der Waals surface area contributed by atoms with Gasteiger partial charge in [0.25, 0.3) is 0 Å². The summed E-state index contributed by atoms with van der Waals surface area (Å²) in [6, 6.07) is 6.92. The van der Waals surface area contributed by atoms with Crippen molar-refractivity contribution in [1.29, 1.82) is 0 Å². The second-order valence-electron chi connectivity index (χ2n) is 5.00. The van der Waals surface area contributed by atoms with Gasteiger partial charge in [-0.05, 0) is 38.5 Å². The number of hydrogen-bond donors (Lipinski definition) is 3. The first-order chi connectivity index (χ1) is 9.88. The van der Waals surface area contributed by atoms with E-state index in [1.807, 2.05) is 45.0 Å². The van der Waals surface area contributed by atoms with Crippen molar-refractivity contribution in [2.45, 2.75) is 39.3 Å². The first kappa shape index (κ1) is 16.8. The Labute approximate surface area is 124 Å². The van der Waals surface area contributed by atoms with Crippen LogP contribution in [0.1, 0.15) is 38.8 Å². The molecule has 21 heavy (non-hydrogen) atoms.